The number of nitrogens with zero attached hydrogens (tertiary/aromatic N) is 1. The maximum absolute atomic E-state index is 13.4. The molecular weight excluding hydrogens is 275 g/mol. The summed E-state index contributed by atoms with van der Waals surface area (Å²) in [4.78, 5) is 23.4. The molecule has 19 heavy (non-hydrogen) atoms. The summed E-state index contributed by atoms with van der Waals surface area (Å²) in [6.45, 7) is 2.93. The van der Waals surface area contributed by atoms with Gasteiger partial charge in [-0.1, -0.05) is 17.7 Å². The van der Waals surface area contributed by atoms with Gasteiger partial charge in [0.15, 0.2) is 0 Å². The van der Waals surface area contributed by atoms with Crippen LogP contribution in [0.3, 0.4) is 0 Å². The summed E-state index contributed by atoms with van der Waals surface area (Å²) in [5, 5.41) is 11.2. The highest BCUT2D eigenvalue weighted by Gasteiger charge is 2.16. The molecule has 0 spiro atoms. The number of anilines is 1. The predicted octanol–water partition coefficient (Wildman–Crippen LogP) is 2.58. The Bertz CT molecular complexity index is 508. The summed E-state index contributed by atoms with van der Waals surface area (Å²) in [7, 11) is 0. The first-order chi connectivity index (χ1) is 8.93. The fraction of sp³-hybridized carbons (Fsp3) is 0.167. The summed E-state index contributed by atoms with van der Waals surface area (Å²) in [6.07, 6.45) is 1.37. The number of carboxylic acids is 1. The monoisotopic (exact) mass is 286 g/mol. The van der Waals surface area contributed by atoms with Crippen LogP contribution in [0.1, 0.15) is 0 Å². The molecule has 2 N–H and O–H groups in total. The van der Waals surface area contributed by atoms with Gasteiger partial charge in [-0.25, -0.2) is 9.18 Å². The molecule has 0 radical (unpaired) electrons. The van der Waals surface area contributed by atoms with Crippen LogP contribution in [0.2, 0.25) is 5.02 Å². The van der Waals surface area contributed by atoms with Gasteiger partial charge >= 0.3 is 12.0 Å². The van der Waals surface area contributed by atoms with E-state index < -0.39 is 24.4 Å². The average Bonchev–Trinajstić information content (AvgIpc) is 2.32. The van der Waals surface area contributed by atoms with Crippen molar-refractivity contribution in [1.82, 2.24) is 4.90 Å². The number of benzene rings is 1. The SMILES string of the molecule is C=CCN(CC(=O)O)C(=O)Nc1cc(Cl)ccc1F. The van der Waals surface area contributed by atoms with Gasteiger partial charge in [-0.05, 0) is 18.2 Å². The van der Waals surface area contributed by atoms with E-state index >= 15 is 0 Å². The Labute approximate surface area is 114 Å². The lowest BCUT2D eigenvalue weighted by molar-refractivity contribution is -0.137. The van der Waals surface area contributed by atoms with Crippen LogP contribution in [0.25, 0.3) is 0 Å². The Morgan fingerprint density at radius 1 is 1.53 bits per heavy atom. The Hall–Kier alpha value is -2.08. The summed E-state index contributed by atoms with van der Waals surface area (Å²) >= 11 is 5.68. The van der Waals surface area contributed by atoms with Crippen LogP contribution >= 0.6 is 11.6 Å². The Kier molecular flexibility index (Phi) is 5.32. The van der Waals surface area contributed by atoms with Gasteiger partial charge in [0, 0.05) is 11.6 Å². The molecule has 102 valence electrons. The number of carbonyl (C=O) groups excluding carboxylic acids is 1. The first-order valence-corrected chi connectivity index (χ1v) is 5.65. The third kappa shape index (κ3) is 4.59. The first kappa shape index (κ1) is 15.0. The van der Waals surface area contributed by atoms with Crippen molar-refractivity contribution in [1.29, 1.82) is 0 Å². The lowest BCUT2D eigenvalue weighted by Gasteiger charge is -2.19. The third-order valence-corrected chi connectivity index (χ3v) is 2.37. The van der Waals surface area contributed by atoms with Gasteiger partial charge in [0.25, 0.3) is 0 Å². The summed E-state index contributed by atoms with van der Waals surface area (Å²) in [6, 6.07) is 2.93. The highest BCUT2D eigenvalue weighted by molar-refractivity contribution is 6.30. The minimum atomic E-state index is -1.18. The summed E-state index contributed by atoms with van der Waals surface area (Å²) < 4.78 is 13.4. The topological polar surface area (TPSA) is 69.6 Å². The zero-order chi connectivity index (χ0) is 14.4. The van der Waals surface area contributed by atoms with E-state index in [1.807, 2.05) is 0 Å². The molecule has 0 bridgehead atoms. The Morgan fingerprint density at radius 3 is 2.79 bits per heavy atom. The normalized spacial score (nSPS) is 9.79. The van der Waals surface area contributed by atoms with E-state index in [1.54, 1.807) is 0 Å². The molecule has 0 aliphatic rings. The lowest BCUT2D eigenvalue weighted by atomic mass is 10.3. The van der Waals surface area contributed by atoms with Crippen molar-refractivity contribution in [3.63, 3.8) is 0 Å². The zero-order valence-electron chi connectivity index (χ0n) is 9.90. The number of hydrogen-bond donors (Lipinski definition) is 2. The molecule has 0 heterocycles. The molecule has 1 rings (SSSR count). The predicted molar refractivity (Wildman–Crippen MR) is 69.8 cm³/mol. The maximum Gasteiger partial charge on any atom is 0.323 e. The van der Waals surface area contributed by atoms with Crippen LogP contribution in [0.15, 0.2) is 30.9 Å². The standard InChI is InChI=1S/C12H12ClFN2O3/c1-2-5-16(7-11(17)18)12(19)15-10-6-8(13)3-4-9(10)14/h2-4,6H,1,5,7H2,(H,15,19)(H,17,18). The molecule has 0 saturated carbocycles. The van der Waals surface area contributed by atoms with Crippen molar-refractivity contribution in [2.24, 2.45) is 0 Å². The lowest BCUT2D eigenvalue weighted by Crippen LogP contribution is -2.39. The minimum absolute atomic E-state index is 0.0281. The van der Waals surface area contributed by atoms with E-state index in [4.69, 9.17) is 16.7 Å². The van der Waals surface area contributed by atoms with Crippen molar-refractivity contribution in [3.05, 3.63) is 41.7 Å². The van der Waals surface area contributed by atoms with Crippen molar-refractivity contribution in [3.8, 4) is 0 Å². The smallest absolute Gasteiger partial charge is 0.323 e. The number of urea groups is 1. The number of rotatable bonds is 5. The molecule has 0 unspecified atom stereocenters. The van der Waals surface area contributed by atoms with E-state index in [-0.39, 0.29) is 17.3 Å². The summed E-state index contributed by atoms with van der Waals surface area (Å²) in [5.74, 6) is -1.84. The van der Waals surface area contributed by atoms with Crippen molar-refractivity contribution < 1.29 is 19.1 Å². The van der Waals surface area contributed by atoms with E-state index in [0.717, 1.165) is 11.0 Å². The van der Waals surface area contributed by atoms with Gasteiger partial charge in [-0.15, -0.1) is 6.58 Å². The number of amides is 2. The van der Waals surface area contributed by atoms with Gasteiger partial charge in [0.2, 0.25) is 0 Å². The number of nitrogens with one attached hydrogen (secondary N) is 1. The van der Waals surface area contributed by atoms with Crippen LogP contribution < -0.4 is 5.32 Å². The number of hydrogen-bond acceptors (Lipinski definition) is 2. The molecule has 2 amide bonds. The van der Waals surface area contributed by atoms with Gasteiger partial charge in [-0.3, -0.25) is 4.79 Å². The van der Waals surface area contributed by atoms with Gasteiger partial charge in [0.1, 0.15) is 12.4 Å². The third-order valence-electron chi connectivity index (χ3n) is 2.13. The maximum atomic E-state index is 13.4. The molecule has 0 aromatic heterocycles. The quantitative estimate of drug-likeness (QED) is 0.817. The molecule has 0 aliphatic heterocycles. The molecule has 0 aliphatic carbocycles. The number of carboxylic acid groups (broad SMARTS) is 1. The van der Waals surface area contributed by atoms with E-state index in [0.29, 0.717) is 0 Å². The second-order valence-corrected chi connectivity index (χ2v) is 4.05. The number of halogens is 2. The molecular formula is C12H12ClFN2O3. The summed E-state index contributed by atoms with van der Waals surface area (Å²) in [5.41, 5.74) is -0.114. The zero-order valence-corrected chi connectivity index (χ0v) is 10.7. The van der Waals surface area contributed by atoms with Gasteiger partial charge in [0.05, 0.1) is 5.69 Å². The highest BCUT2D eigenvalue weighted by Crippen LogP contribution is 2.19. The van der Waals surface area contributed by atoms with Crippen LogP contribution in [0, 0.1) is 5.82 Å². The fourth-order valence-corrected chi connectivity index (χ4v) is 1.50. The van der Waals surface area contributed by atoms with Crippen LogP contribution in [0.5, 0.6) is 0 Å². The number of carbonyl (C=O) groups is 2. The largest absolute Gasteiger partial charge is 0.480 e. The minimum Gasteiger partial charge on any atom is -0.480 e. The van der Waals surface area contributed by atoms with E-state index in [9.17, 15) is 14.0 Å². The Balaban J connectivity index is 2.83. The van der Waals surface area contributed by atoms with Crippen LogP contribution in [0.4, 0.5) is 14.9 Å². The fourth-order valence-electron chi connectivity index (χ4n) is 1.33. The van der Waals surface area contributed by atoms with Gasteiger partial charge < -0.3 is 15.3 Å². The van der Waals surface area contributed by atoms with Crippen LogP contribution in [-0.4, -0.2) is 35.1 Å². The van der Waals surface area contributed by atoms with Gasteiger partial charge in [-0.2, -0.15) is 0 Å². The molecule has 5 nitrogen and oxygen atoms in total. The van der Waals surface area contributed by atoms with E-state index in [2.05, 4.69) is 11.9 Å². The molecule has 1 aromatic rings. The Morgan fingerprint density at radius 2 is 2.21 bits per heavy atom. The van der Waals surface area contributed by atoms with Crippen molar-refractivity contribution >= 4 is 29.3 Å². The van der Waals surface area contributed by atoms with Crippen molar-refractivity contribution in [2.45, 2.75) is 0 Å². The average molecular weight is 287 g/mol. The van der Waals surface area contributed by atoms with Crippen molar-refractivity contribution in [2.75, 3.05) is 18.4 Å². The molecule has 1 aromatic carbocycles. The molecule has 0 atom stereocenters. The molecule has 0 saturated heterocycles. The highest BCUT2D eigenvalue weighted by atomic mass is 35.5. The second-order valence-electron chi connectivity index (χ2n) is 3.62. The second kappa shape index (κ2) is 6.75. The molecule has 7 heteroatoms. The van der Waals surface area contributed by atoms with E-state index in [1.165, 1.54) is 18.2 Å². The first-order valence-electron chi connectivity index (χ1n) is 5.27. The number of aliphatic carboxylic acids is 1. The van der Waals surface area contributed by atoms with Crippen LogP contribution in [-0.2, 0) is 4.79 Å². The molecule has 0 fully saturated rings.